The number of thiophene rings is 1. The lowest BCUT2D eigenvalue weighted by molar-refractivity contribution is 0.670. The predicted octanol–water partition coefficient (Wildman–Crippen LogP) is 11.4. The molecule has 1 nitrogen and oxygen atoms in total. The average molecular weight is 531 g/mol. The van der Waals surface area contributed by atoms with Crippen LogP contribution in [0.1, 0.15) is 24.0 Å². The van der Waals surface area contributed by atoms with E-state index in [9.17, 15) is 0 Å². The fourth-order valence-electron chi connectivity index (χ4n) is 5.99. The van der Waals surface area contributed by atoms with Gasteiger partial charge in [-0.3, -0.25) is 0 Å². The van der Waals surface area contributed by atoms with Crippen molar-refractivity contribution in [3.05, 3.63) is 145 Å². The largest absolute Gasteiger partial charge is 0.455 e. The second-order valence-corrected chi connectivity index (χ2v) is 11.6. The van der Waals surface area contributed by atoms with Crippen molar-refractivity contribution in [1.82, 2.24) is 0 Å². The van der Waals surface area contributed by atoms with Crippen LogP contribution in [0, 0.1) is 0 Å². The molecule has 0 aliphatic rings. The first-order valence-electron chi connectivity index (χ1n) is 13.8. The molecule has 0 spiro atoms. The highest BCUT2D eigenvalue weighted by atomic mass is 32.1. The highest BCUT2D eigenvalue weighted by Crippen LogP contribution is 2.38. The van der Waals surface area contributed by atoms with Gasteiger partial charge in [-0.2, -0.15) is 0 Å². The second-order valence-electron chi connectivity index (χ2n) is 10.6. The van der Waals surface area contributed by atoms with E-state index in [4.69, 9.17) is 4.42 Å². The van der Waals surface area contributed by atoms with Crippen molar-refractivity contribution >= 4 is 53.4 Å². The first kappa shape index (κ1) is 23.2. The highest BCUT2D eigenvalue weighted by molar-refractivity contribution is 7.25. The van der Waals surface area contributed by atoms with Crippen LogP contribution in [0.5, 0.6) is 0 Å². The van der Waals surface area contributed by atoms with Crippen LogP contribution in [-0.4, -0.2) is 0 Å². The summed E-state index contributed by atoms with van der Waals surface area (Å²) in [5.74, 6) is 0.299. The van der Waals surface area contributed by atoms with Gasteiger partial charge in [-0.1, -0.05) is 116 Å². The van der Waals surface area contributed by atoms with Crippen LogP contribution in [0.3, 0.4) is 0 Å². The monoisotopic (exact) mass is 530 g/mol. The third kappa shape index (κ3) is 3.76. The highest BCUT2D eigenvalue weighted by Gasteiger charge is 2.14. The minimum absolute atomic E-state index is 0.299. The van der Waals surface area contributed by atoms with Gasteiger partial charge in [0.15, 0.2) is 0 Å². The van der Waals surface area contributed by atoms with Crippen LogP contribution in [-0.2, 0) is 0 Å². The first-order valence-corrected chi connectivity index (χ1v) is 14.6. The summed E-state index contributed by atoms with van der Waals surface area (Å²) >= 11 is 1.86. The lowest BCUT2D eigenvalue weighted by Gasteiger charge is -2.14. The van der Waals surface area contributed by atoms with E-state index in [1.165, 1.54) is 48.0 Å². The van der Waals surface area contributed by atoms with Crippen molar-refractivity contribution in [3.63, 3.8) is 0 Å². The molecule has 0 fully saturated rings. The number of benzene rings is 6. The maximum atomic E-state index is 6.27. The summed E-state index contributed by atoms with van der Waals surface area (Å²) in [7, 11) is 0. The number of fused-ring (bicyclic) bond motifs is 6. The summed E-state index contributed by atoms with van der Waals surface area (Å²) in [6, 6.07) is 48.2. The number of rotatable bonds is 4. The molecule has 0 saturated carbocycles. The molecule has 1 unspecified atom stereocenters. The van der Waals surface area contributed by atoms with E-state index in [1.54, 1.807) is 0 Å². The third-order valence-electron chi connectivity index (χ3n) is 8.25. The van der Waals surface area contributed by atoms with Crippen molar-refractivity contribution in [2.45, 2.75) is 12.8 Å². The van der Waals surface area contributed by atoms with Gasteiger partial charge in [0.05, 0.1) is 0 Å². The Kier molecular flexibility index (Phi) is 5.36. The molecule has 2 aromatic heterocycles. The van der Waals surface area contributed by atoms with E-state index >= 15 is 0 Å². The second kappa shape index (κ2) is 9.22. The van der Waals surface area contributed by atoms with Gasteiger partial charge in [0.1, 0.15) is 11.2 Å². The van der Waals surface area contributed by atoms with Gasteiger partial charge in [0, 0.05) is 42.4 Å². The molecule has 40 heavy (non-hydrogen) atoms. The quantitative estimate of drug-likeness (QED) is 0.220. The zero-order valence-corrected chi connectivity index (χ0v) is 22.9. The fraction of sp³-hybridized carbons (Fsp3) is 0.0526. The van der Waals surface area contributed by atoms with Gasteiger partial charge >= 0.3 is 0 Å². The molecule has 0 aliphatic carbocycles. The summed E-state index contributed by atoms with van der Waals surface area (Å²) in [5.41, 5.74) is 9.33. The molecular weight excluding hydrogens is 504 g/mol. The fourth-order valence-corrected chi connectivity index (χ4v) is 7.07. The molecule has 1 atom stereocenters. The Morgan fingerprint density at radius 1 is 0.500 bits per heavy atom. The minimum Gasteiger partial charge on any atom is -0.455 e. The number of para-hydroxylation sites is 2. The SMILES string of the molecule is CC(c1ccc(-c2ccc3sc4ccccc4c3c2)cc1)c1ccc(-c2cccc3c2oc2ccccc23)cc1. The normalized spacial score (nSPS) is 12.5. The van der Waals surface area contributed by atoms with Crippen molar-refractivity contribution in [2.24, 2.45) is 0 Å². The molecule has 2 heterocycles. The Balaban J connectivity index is 1.08. The van der Waals surface area contributed by atoms with Crippen LogP contribution in [0.4, 0.5) is 0 Å². The topological polar surface area (TPSA) is 13.1 Å². The number of hydrogen-bond acceptors (Lipinski definition) is 2. The average Bonchev–Trinajstić information content (AvgIpc) is 3.59. The molecule has 8 aromatic rings. The van der Waals surface area contributed by atoms with Crippen LogP contribution in [0.2, 0.25) is 0 Å². The van der Waals surface area contributed by atoms with Crippen molar-refractivity contribution in [1.29, 1.82) is 0 Å². The molecule has 0 saturated heterocycles. The number of furan rings is 1. The van der Waals surface area contributed by atoms with Crippen molar-refractivity contribution in [3.8, 4) is 22.3 Å². The summed E-state index contributed by atoms with van der Waals surface area (Å²) in [5, 5.41) is 5.01. The van der Waals surface area contributed by atoms with Gasteiger partial charge in [-0.25, -0.2) is 0 Å². The predicted molar refractivity (Wildman–Crippen MR) is 171 cm³/mol. The van der Waals surface area contributed by atoms with E-state index in [2.05, 4.69) is 128 Å². The van der Waals surface area contributed by atoms with Crippen molar-refractivity contribution < 1.29 is 4.42 Å². The van der Waals surface area contributed by atoms with E-state index in [1.807, 2.05) is 23.5 Å². The van der Waals surface area contributed by atoms with E-state index < -0.39 is 0 Å². The Hall–Kier alpha value is -4.66. The van der Waals surface area contributed by atoms with Gasteiger partial charge in [-0.05, 0) is 52.1 Å². The first-order chi connectivity index (χ1) is 19.7. The van der Waals surface area contributed by atoms with Gasteiger partial charge in [-0.15, -0.1) is 11.3 Å². The molecule has 0 aliphatic heterocycles. The molecule has 0 amide bonds. The van der Waals surface area contributed by atoms with Gasteiger partial charge in [0.2, 0.25) is 0 Å². The van der Waals surface area contributed by atoms with E-state index in [-0.39, 0.29) is 0 Å². The Morgan fingerprint density at radius 3 is 1.93 bits per heavy atom. The van der Waals surface area contributed by atoms with E-state index in [0.717, 1.165) is 27.5 Å². The molecular formula is C38H26OS. The smallest absolute Gasteiger partial charge is 0.143 e. The number of hydrogen-bond donors (Lipinski definition) is 0. The Bertz CT molecular complexity index is 2160. The zero-order chi connectivity index (χ0) is 26.6. The zero-order valence-electron chi connectivity index (χ0n) is 22.1. The van der Waals surface area contributed by atoms with Gasteiger partial charge in [0.25, 0.3) is 0 Å². The lowest BCUT2D eigenvalue weighted by Crippen LogP contribution is -1.96. The van der Waals surface area contributed by atoms with Gasteiger partial charge < -0.3 is 4.42 Å². The molecule has 6 aromatic carbocycles. The standard InChI is InChI=1S/C38H26OS/c1-24(25-13-17-27(18-14-25)29-21-22-37-34(23-29)32-8-3-5-12-36(32)40-37)26-15-19-28(20-16-26)30-9-6-10-33-31-7-2-4-11-35(31)39-38(30)33/h2-24H,1H3. The van der Waals surface area contributed by atoms with Crippen LogP contribution >= 0.6 is 11.3 Å². The lowest BCUT2D eigenvalue weighted by atomic mass is 9.90. The summed E-state index contributed by atoms with van der Waals surface area (Å²) in [6.07, 6.45) is 0. The molecule has 0 bridgehead atoms. The molecule has 190 valence electrons. The van der Waals surface area contributed by atoms with Crippen LogP contribution in [0.25, 0.3) is 64.4 Å². The maximum Gasteiger partial charge on any atom is 0.143 e. The molecule has 0 N–H and O–H groups in total. The third-order valence-corrected chi connectivity index (χ3v) is 9.40. The minimum atomic E-state index is 0.299. The summed E-state index contributed by atoms with van der Waals surface area (Å²) in [4.78, 5) is 0. The Morgan fingerprint density at radius 2 is 1.12 bits per heavy atom. The Labute approximate surface area is 236 Å². The summed E-state index contributed by atoms with van der Waals surface area (Å²) in [6.45, 7) is 2.29. The van der Waals surface area contributed by atoms with Crippen LogP contribution < -0.4 is 0 Å². The van der Waals surface area contributed by atoms with Crippen molar-refractivity contribution in [2.75, 3.05) is 0 Å². The van der Waals surface area contributed by atoms with E-state index in [0.29, 0.717) is 5.92 Å². The molecule has 2 heteroatoms. The molecule has 8 rings (SSSR count). The van der Waals surface area contributed by atoms with Crippen LogP contribution in [0.15, 0.2) is 138 Å². The maximum absolute atomic E-state index is 6.27. The molecule has 0 radical (unpaired) electrons. The summed E-state index contributed by atoms with van der Waals surface area (Å²) < 4.78 is 8.96.